The van der Waals surface area contributed by atoms with E-state index < -0.39 is 0 Å². The van der Waals surface area contributed by atoms with E-state index in [4.69, 9.17) is 10.00 Å². The van der Waals surface area contributed by atoms with Crippen molar-refractivity contribution in [2.75, 3.05) is 13.1 Å². The minimum absolute atomic E-state index is 0.00269. The molecule has 1 aliphatic heterocycles. The van der Waals surface area contributed by atoms with Crippen molar-refractivity contribution in [3.8, 4) is 6.07 Å². The molecule has 1 atom stereocenters. The number of fused-ring (bicyclic) bond motifs is 1. The second-order valence-electron chi connectivity index (χ2n) is 6.68. The van der Waals surface area contributed by atoms with Gasteiger partial charge in [0.1, 0.15) is 11.6 Å². The fourth-order valence-electron chi connectivity index (χ4n) is 3.73. The van der Waals surface area contributed by atoms with Gasteiger partial charge in [-0.3, -0.25) is 14.8 Å². The van der Waals surface area contributed by atoms with Crippen molar-refractivity contribution >= 4 is 5.65 Å². The summed E-state index contributed by atoms with van der Waals surface area (Å²) in [6.07, 6.45) is 5.14. The molecule has 1 saturated carbocycles. The van der Waals surface area contributed by atoms with Crippen LogP contribution in [-0.2, 0) is 11.3 Å². The first-order chi connectivity index (χ1) is 11.1. The van der Waals surface area contributed by atoms with Gasteiger partial charge >= 0.3 is 0 Å². The number of hydrogen-bond donors (Lipinski definition) is 1. The second-order valence-corrected chi connectivity index (χ2v) is 6.68. The number of nitrogens with one attached hydrogen (secondary N) is 1. The van der Waals surface area contributed by atoms with Crippen LogP contribution in [-0.4, -0.2) is 44.3 Å². The summed E-state index contributed by atoms with van der Waals surface area (Å²) in [4.78, 5) is 19.0. The van der Waals surface area contributed by atoms with Crippen LogP contribution in [0.3, 0.4) is 0 Å². The molecule has 1 N–H and O–H groups in total. The van der Waals surface area contributed by atoms with Crippen molar-refractivity contribution in [3.05, 3.63) is 33.9 Å². The monoisotopic (exact) mass is 313 g/mol. The molecule has 2 aliphatic rings. The van der Waals surface area contributed by atoms with Crippen molar-refractivity contribution in [1.82, 2.24) is 19.5 Å². The Bertz CT molecular complexity index is 842. The van der Waals surface area contributed by atoms with Crippen molar-refractivity contribution in [2.45, 2.75) is 44.4 Å². The third-order valence-corrected chi connectivity index (χ3v) is 4.80. The molecule has 1 spiro atoms. The van der Waals surface area contributed by atoms with Gasteiger partial charge in [-0.05, 0) is 26.2 Å². The first kappa shape index (κ1) is 14.4. The highest BCUT2D eigenvalue weighted by molar-refractivity contribution is 5.53. The third kappa shape index (κ3) is 2.44. The zero-order valence-electron chi connectivity index (χ0n) is 13.1. The number of hydrogen-bond acceptors (Lipinski definition) is 5. The Kier molecular flexibility index (Phi) is 3.25. The molecule has 2 fully saturated rings. The van der Waals surface area contributed by atoms with Gasteiger partial charge in [0.15, 0.2) is 5.65 Å². The fraction of sp³-hybridized carbons (Fsp3) is 0.562. The molecule has 2 aromatic rings. The number of aromatic nitrogens is 3. The number of ether oxygens (including phenoxy) is 1. The predicted molar refractivity (Wildman–Crippen MR) is 82.9 cm³/mol. The maximum Gasteiger partial charge on any atom is 0.272 e. The van der Waals surface area contributed by atoms with E-state index in [0.717, 1.165) is 25.9 Å². The Labute approximate surface area is 133 Å². The van der Waals surface area contributed by atoms with Gasteiger partial charge in [0.05, 0.1) is 17.4 Å². The molecule has 0 bridgehead atoms. The Hall–Kier alpha value is -2.17. The quantitative estimate of drug-likeness (QED) is 0.895. The minimum atomic E-state index is -0.189. The van der Waals surface area contributed by atoms with Gasteiger partial charge in [-0.2, -0.15) is 5.26 Å². The lowest BCUT2D eigenvalue weighted by atomic mass is 9.78. The van der Waals surface area contributed by atoms with E-state index in [1.54, 1.807) is 0 Å². The van der Waals surface area contributed by atoms with Crippen LogP contribution in [0.25, 0.3) is 5.65 Å². The molecule has 7 nitrogen and oxygen atoms in total. The van der Waals surface area contributed by atoms with Crippen molar-refractivity contribution in [2.24, 2.45) is 0 Å². The molecule has 0 radical (unpaired) electrons. The molecule has 23 heavy (non-hydrogen) atoms. The average Bonchev–Trinajstić information content (AvgIpc) is 2.88. The van der Waals surface area contributed by atoms with Crippen LogP contribution in [0, 0.1) is 11.3 Å². The molecule has 1 saturated heterocycles. The lowest BCUT2D eigenvalue weighted by Crippen LogP contribution is -2.58. The number of nitrogens with zero attached hydrogens (tertiary/aromatic N) is 4. The maximum absolute atomic E-state index is 12.2. The molecule has 4 rings (SSSR count). The summed E-state index contributed by atoms with van der Waals surface area (Å²) in [5.74, 6) is 0. The van der Waals surface area contributed by atoms with Crippen LogP contribution in [0.2, 0.25) is 0 Å². The molecule has 7 heteroatoms. The molecule has 3 heterocycles. The lowest BCUT2D eigenvalue weighted by Gasteiger charge is -2.50. The number of morpholine rings is 1. The van der Waals surface area contributed by atoms with Crippen LogP contribution in [0.1, 0.15) is 37.4 Å². The van der Waals surface area contributed by atoms with Gasteiger partial charge in [0.2, 0.25) is 0 Å². The number of aromatic amines is 1. The standard InChI is InChI=1S/C16H19N5O2/c1-11-8-20(10-16(23-11)3-2-4-16)9-13-5-14(22)21-15(19-13)12(6-17)7-18-21/h5,7,11,18H,2-4,8-10H2,1H3. The van der Waals surface area contributed by atoms with Gasteiger partial charge < -0.3 is 4.74 Å². The molecule has 120 valence electrons. The van der Waals surface area contributed by atoms with E-state index in [2.05, 4.69) is 28.0 Å². The summed E-state index contributed by atoms with van der Waals surface area (Å²) in [7, 11) is 0. The van der Waals surface area contributed by atoms with E-state index in [-0.39, 0.29) is 17.3 Å². The van der Waals surface area contributed by atoms with Gasteiger partial charge in [-0.15, -0.1) is 0 Å². The second kappa shape index (κ2) is 5.18. The highest BCUT2D eigenvalue weighted by Gasteiger charge is 2.44. The SMILES string of the molecule is CC1CN(Cc2cc(=O)n3[nH]cc(C#N)c3n2)CC2(CCC2)O1. The van der Waals surface area contributed by atoms with Gasteiger partial charge in [0, 0.05) is 31.9 Å². The molecule has 1 unspecified atom stereocenters. The van der Waals surface area contributed by atoms with E-state index in [9.17, 15) is 4.79 Å². The first-order valence-corrected chi connectivity index (χ1v) is 7.99. The number of H-pyrrole nitrogens is 1. The molecule has 0 aromatic carbocycles. The largest absolute Gasteiger partial charge is 0.369 e. The Morgan fingerprint density at radius 3 is 3.09 bits per heavy atom. The smallest absolute Gasteiger partial charge is 0.272 e. The Balaban J connectivity index is 1.62. The van der Waals surface area contributed by atoms with Gasteiger partial charge in [-0.1, -0.05) is 0 Å². The topological polar surface area (TPSA) is 86.4 Å². The van der Waals surface area contributed by atoms with Crippen LogP contribution in [0.15, 0.2) is 17.1 Å². The van der Waals surface area contributed by atoms with Crippen molar-refractivity contribution < 1.29 is 4.74 Å². The van der Waals surface area contributed by atoms with E-state index >= 15 is 0 Å². The summed E-state index contributed by atoms with van der Waals surface area (Å²) in [5, 5.41) is 11.9. The van der Waals surface area contributed by atoms with Crippen LogP contribution in [0.4, 0.5) is 0 Å². The number of rotatable bonds is 2. The summed E-state index contributed by atoms with van der Waals surface area (Å²) in [6.45, 7) is 4.42. The summed E-state index contributed by atoms with van der Waals surface area (Å²) in [5.41, 5.74) is 1.30. The zero-order chi connectivity index (χ0) is 16.0. The molecule has 1 aliphatic carbocycles. The Morgan fingerprint density at radius 1 is 1.57 bits per heavy atom. The zero-order valence-corrected chi connectivity index (χ0v) is 13.1. The van der Waals surface area contributed by atoms with Crippen molar-refractivity contribution in [3.63, 3.8) is 0 Å². The van der Waals surface area contributed by atoms with Gasteiger partial charge in [0.25, 0.3) is 5.56 Å². The van der Waals surface area contributed by atoms with E-state index in [0.29, 0.717) is 23.4 Å². The van der Waals surface area contributed by atoms with Crippen LogP contribution in [0.5, 0.6) is 0 Å². The van der Waals surface area contributed by atoms with Crippen LogP contribution >= 0.6 is 0 Å². The Morgan fingerprint density at radius 2 is 2.39 bits per heavy atom. The molecular weight excluding hydrogens is 294 g/mol. The van der Waals surface area contributed by atoms with Crippen LogP contribution < -0.4 is 5.56 Å². The number of nitriles is 1. The summed E-state index contributed by atoms with van der Waals surface area (Å²) in [6, 6.07) is 3.60. The van der Waals surface area contributed by atoms with E-state index in [1.165, 1.54) is 23.2 Å². The molecule has 0 amide bonds. The lowest BCUT2D eigenvalue weighted by molar-refractivity contribution is -0.186. The first-order valence-electron chi connectivity index (χ1n) is 7.99. The summed E-state index contributed by atoms with van der Waals surface area (Å²) < 4.78 is 7.42. The maximum atomic E-state index is 12.2. The van der Waals surface area contributed by atoms with E-state index in [1.807, 2.05) is 0 Å². The average molecular weight is 313 g/mol. The third-order valence-electron chi connectivity index (χ3n) is 4.80. The van der Waals surface area contributed by atoms with Crippen molar-refractivity contribution in [1.29, 1.82) is 5.26 Å². The highest BCUT2D eigenvalue weighted by Crippen LogP contribution is 2.39. The normalized spacial score (nSPS) is 23.7. The summed E-state index contributed by atoms with van der Waals surface area (Å²) >= 11 is 0. The molecular formula is C16H19N5O2. The highest BCUT2D eigenvalue weighted by atomic mass is 16.5. The predicted octanol–water partition coefficient (Wildman–Crippen LogP) is 1.04. The fourth-order valence-corrected chi connectivity index (χ4v) is 3.73. The minimum Gasteiger partial charge on any atom is -0.369 e. The molecule has 2 aromatic heterocycles. The van der Waals surface area contributed by atoms with Gasteiger partial charge in [-0.25, -0.2) is 9.50 Å².